The number of carbonyl (C=O) groups is 13. The topological polar surface area (TPSA) is 397 Å². The molecule has 6 aliphatic rings. The number of esters is 2. The lowest BCUT2D eigenvalue weighted by molar-refractivity contribution is -0.163. The van der Waals surface area contributed by atoms with Crippen LogP contribution in [0.2, 0.25) is 0 Å². The summed E-state index contributed by atoms with van der Waals surface area (Å²) in [5, 5.41) is 21.7. The molecule has 1 aromatic rings. The van der Waals surface area contributed by atoms with Crippen molar-refractivity contribution in [3.8, 4) is 11.5 Å². The lowest BCUT2D eigenvalue weighted by Gasteiger charge is -2.37. The van der Waals surface area contributed by atoms with Gasteiger partial charge in [0, 0.05) is 46.2 Å². The Hall–Kier alpha value is -9.09. The number of aryl methyl sites for hydroxylation is 1. The third-order valence-electron chi connectivity index (χ3n) is 17.9. The van der Waals surface area contributed by atoms with Gasteiger partial charge in [-0.2, -0.15) is 0 Å². The number of likely N-dealkylation sites (N-methyl/N-ethyl adjacent to an activating group) is 4. The second-order valence-corrected chi connectivity index (χ2v) is 25.6. The number of nitrogens with two attached hydrogens (primary N) is 1. The number of anilines is 1. The van der Waals surface area contributed by atoms with Crippen molar-refractivity contribution in [2.24, 2.45) is 17.8 Å². The number of rotatable bonds is 7. The van der Waals surface area contributed by atoms with E-state index in [0.717, 1.165) is 24.5 Å². The minimum absolute atomic E-state index is 0.0284. The van der Waals surface area contributed by atoms with Crippen LogP contribution in [0.1, 0.15) is 121 Å². The van der Waals surface area contributed by atoms with E-state index < -0.39 is 215 Å². The maximum absolute atomic E-state index is 15.1. The average Bonchev–Trinajstić information content (AvgIpc) is 1.23. The number of cyclic esters (lactones) is 2. The minimum Gasteiger partial charge on any atom is -0.458 e. The first-order valence-electron chi connectivity index (χ1n) is 30.5. The number of amides is 10. The smallest absolute Gasteiger partial charge is 0.329 e. The summed E-state index contributed by atoms with van der Waals surface area (Å²) in [6, 6.07) is -11.4. The van der Waals surface area contributed by atoms with Crippen molar-refractivity contribution in [3.63, 3.8) is 0 Å². The molecule has 4 fully saturated rings. The van der Waals surface area contributed by atoms with Crippen LogP contribution in [0, 0.1) is 31.6 Å². The molecule has 4 saturated heterocycles. The third-order valence-corrected chi connectivity index (χ3v) is 17.9. The Morgan fingerprint density at radius 3 is 1.72 bits per heavy atom. The molecule has 30 nitrogen and oxygen atoms in total. The molecule has 500 valence electrons. The number of nitrogens with one attached hydrogen (secondary N) is 4. The summed E-state index contributed by atoms with van der Waals surface area (Å²) in [5.41, 5.74) is 3.10. The molecular weight excluding hydrogens is 1200 g/mol. The summed E-state index contributed by atoms with van der Waals surface area (Å²) in [5.74, 6) is -14.2. The van der Waals surface area contributed by atoms with Crippen molar-refractivity contribution in [1.29, 1.82) is 0 Å². The van der Waals surface area contributed by atoms with E-state index in [4.69, 9.17) is 24.6 Å². The minimum atomic E-state index is -1.97. The predicted molar refractivity (Wildman–Crippen MR) is 327 cm³/mol. The van der Waals surface area contributed by atoms with Gasteiger partial charge in [-0.15, -0.1) is 0 Å². The Bertz CT molecular complexity index is 3570. The number of aliphatic hydroxyl groups is 1. The van der Waals surface area contributed by atoms with Crippen LogP contribution in [-0.2, 0) is 62.2 Å². The molecule has 5 aliphatic heterocycles. The maximum atomic E-state index is 15.1. The van der Waals surface area contributed by atoms with Gasteiger partial charge in [-0.3, -0.25) is 57.5 Å². The van der Waals surface area contributed by atoms with Gasteiger partial charge in [-0.1, -0.05) is 47.6 Å². The molecule has 0 saturated carbocycles. The molecule has 13 unspecified atom stereocenters. The van der Waals surface area contributed by atoms with Crippen molar-refractivity contribution >= 4 is 93.6 Å². The van der Waals surface area contributed by atoms with Gasteiger partial charge >= 0.3 is 11.9 Å². The fraction of sp³-hybridized carbons (Fsp3) is 0.597. The Balaban J connectivity index is 1.33. The van der Waals surface area contributed by atoms with Gasteiger partial charge in [0.05, 0.1) is 42.0 Å². The Morgan fingerprint density at radius 1 is 0.663 bits per heavy atom. The molecule has 5 heterocycles. The molecule has 92 heavy (non-hydrogen) atoms. The average molecular weight is 1290 g/mol. The molecule has 0 radical (unpaired) electrons. The Labute approximate surface area is 531 Å². The van der Waals surface area contributed by atoms with E-state index in [1.54, 1.807) is 55.4 Å². The number of ketones is 1. The van der Waals surface area contributed by atoms with Crippen LogP contribution >= 0.6 is 0 Å². The fourth-order valence-corrected chi connectivity index (χ4v) is 12.1. The molecule has 13 atom stereocenters. The lowest BCUT2D eigenvalue weighted by Crippen LogP contribution is -2.62. The van der Waals surface area contributed by atoms with E-state index in [-0.39, 0.29) is 34.4 Å². The molecule has 10 amide bonds. The molecule has 0 bridgehead atoms. The lowest BCUT2D eigenvalue weighted by atomic mass is 9.98. The number of hydrogen-bond donors (Lipinski definition) is 6. The first kappa shape index (κ1) is 70.4. The number of carbonyl (C=O) groups excluding carboxylic acids is 13. The quantitative estimate of drug-likeness (QED) is 0.0940. The van der Waals surface area contributed by atoms with Crippen LogP contribution in [0.4, 0.5) is 5.69 Å². The molecule has 0 spiro atoms. The summed E-state index contributed by atoms with van der Waals surface area (Å²) >= 11 is 0. The summed E-state index contributed by atoms with van der Waals surface area (Å²) in [6.07, 6.45) is -5.02. The zero-order valence-electron chi connectivity index (χ0n) is 54.8. The molecular formula is C62H84N12O18. The number of aromatic nitrogens is 1. The number of Topliss-reactive ketones (excluding diaryl/α,β-unsaturated/α-hetero) is 1. The highest BCUT2D eigenvalue weighted by atomic mass is 16.6. The van der Waals surface area contributed by atoms with E-state index in [1.807, 2.05) is 0 Å². The van der Waals surface area contributed by atoms with Crippen LogP contribution < -0.4 is 32.4 Å². The van der Waals surface area contributed by atoms with Crippen LogP contribution in [0.15, 0.2) is 21.3 Å². The van der Waals surface area contributed by atoms with E-state index in [9.17, 15) is 62.6 Å². The first-order valence-corrected chi connectivity index (χ1v) is 30.5. The molecule has 1 aliphatic carbocycles. The Kier molecular flexibility index (Phi) is 21.0. The normalized spacial score (nSPS) is 28.3. The van der Waals surface area contributed by atoms with Crippen LogP contribution in [0.3, 0.4) is 0 Å². The highest BCUT2D eigenvalue weighted by molar-refractivity contribution is 6.11. The van der Waals surface area contributed by atoms with Gasteiger partial charge in [0.1, 0.15) is 71.8 Å². The maximum Gasteiger partial charge on any atom is 0.329 e. The largest absolute Gasteiger partial charge is 0.458 e. The predicted octanol–water partition coefficient (Wildman–Crippen LogP) is -0.984. The number of aliphatic hydroxyl groups excluding tert-OH is 1. The van der Waals surface area contributed by atoms with E-state index in [0.29, 0.717) is 5.56 Å². The summed E-state index contributed by atoms with van der Waals surface area (Å²) in [7, 11) is 5.21. The SMILES string of the molecule is Cc1c2oc3c(C)ccc(C(=O)NC4C(=O)NC(C(C)C)C(=O)N5C(C)CC(O)C5C(=O)N(C)CC(=O)N(C)C(C(C)C)C(=O)OC4C)c3nc-2c(C(=O)NC2C(=O)NC(C(C)C)C(=O)N3C(C)C(=O)CC3C(=O)N(C)CC(=O)N(C)C(C)C(=O)OC2C)c(N)c1=O. The zero-order valence-corrected chi connectivity index (χ0v) is 54.8. The van der Waals surface area contributed by atoms with Gasteiger partial charge in [0.15, 0.2) is 17.1 Å². The fourth-order valence-electron chi connectivity index (χ4n) is 12.1. The van der Waals surface area contributed by atoms with Crippen molar-refractivity contribution in [1.82, 2.24) is 55.7 Å². The highest BCUT2D eigenvalue weighted by Crippen LogP contribution is 2.36. The number of ether oxygens (including phenoxy) is 2. The van der Waals surface area contributed by atoms with E-state index in [1.165, 1.54) is 79.8 Å². The van der Waals surface area contributed by atoms with E-state index in [2.05, 4.69) is 21.3 Å². The second kappa shape index (κ2) is 27.4. The van der Waals surface area contributed by atoms with Gasteiger partial charge < -0.3 is 75.4 Å². The molecule has 0 aromatic heterocycles. The number of hydrogen-bond acceptors (Lipinski definition) is 20. The monoisotopic (exact) mass is 1280 g/mol. The second-order valence-electron chi connectivity index (χ2n) is 25.6. The number of fused-ring (bicyclic) bond motifs is 4. The summed E-state index contributed by atoms with van der Waals surface area (Å²) < 4.78 is 18.1. The zero-order chi connectivity index (χ0) is 68.9. The first-order chi connectivity index (χ1) is 42.8. The standard InChI is InChI=1S/C62H84N12O18/c1-24(2)42-58(85)73-28(8)20-37(76)49(73)60(87)70(15)23-39(78)72(17)48(26(5)6)62(89)91-33(13)44(55(82)65-42)67-53(80)34-19-18-27(7)51-46(34)64-47-40(41(63)50(79)29(9)52(47)92-51)54(81)68-45-32(12)90-61(88)31(11)71(16)38(77)22-69(14)57(84)35-21-36(75)30(10)74(35)59(86)43(25(3)4)66-56(45)83/h18-19,24-26,28,30-33,35,37,42-45,48-49,76H,20-23,63H2,1-17H3,(H,65,82)(H,66,83)(H,67,80)(H,68,81). The van der Waals surface area contributed by atoms with Gasteiger partial charge in [0.2, 0.25) is 52.7 Å². The molecule has 1 aromatic carbocycles. The van der Waals surface area contributed by atoms with Crippen molar-refractivity contribution < 1.29 is 81.3 Å². The third kappa shape index (κ3) is 13.5. The van der Waals surface area contributed by atoms with Crippen LogP contribution in [-0.4, -0.2) is 236 Å². The summed E-state index contributed by atoms with van der Waals surface area (Å²) in [4.78, 5) is 211. The van der Waals surface area contributed by atoms with Crippen LogP contribution in [0.25, 0.3) is 22.6 Å². The van der Waals surface area contributed by atoms with E-state index >= 15 is 9.59 Å². The van der Waals surface area contributed by atoms with Gasteiger partial charge in [-0.05, 0) is 84.3 Å². The molecule has 7 rings (SSSR count). The summed E-state index contributed by atoms with van der Waals surface area (Å²) in [6.45, 7) is 18.2. The molecule has 30 heteroatoms. The van der Waals surface area contributed by atoms with Gasteiger partial charge in [0.25, 0.3) is 11.8 Å². The van der Waals surface area contributed by atoms with Crippen molar-refractivity contribution in [3.05, 3.63) is 44.6 Å². The highest BCUT2D eigenvalue weighted by Gasteiger charge is 2.51. The number of benzene rings is 2. The van der Waals surface area contributed by atoms with Crippen molar-refractivity contribution in [2.75, 3.05) is 47.0 Å². The van der Waals surface area contributed by atoms with Crippen molar-refractivity contribution in [2.45, 2.75) is 182 Å². The van der Waals surface area contributed by atoms with Crippen LogP contribution in [0.5, 0.6) is 0 Å². The number of nitrogens with zero attached hydrogens (tertiary/aromatic N) is 7. The molecule has 7 N–H and O–H groups in total. The Morgan fingerprint density at radius 2 is 1.17 bits per heavy atom. The number of nitrogen functional groups attached to an aromatic ring is 1. The van der Waals surface area contributed by atoms with Gasteiger partial charge in [-0.25, -0.2) is 14.6 Å².